The van der Waals surface area contributed by atoms with Gasteiger partial charge >= 0.3 is 5.97 Å². The predicted molar refractivity (Wildman–Crippen MR) is 54.4 cm³/mol. The Balaban J connectivity index is 2.05. The van der Waals surface area contributed by atoms with E-state index in [9.17, 15) is 9.59 Å². The molecule has 86 valence electrons. The average Bonchev–Trinajstić information content (AvgIpc) is 2.11. The summed E-state index contributed by atoms with van der Waals surface area (Å²) < 4.78 is 10.1. The summed E-state index contributed by atoms with van der Waals surface area (Å²) in [6.07, 6.45) is 1.37. The topological polar surface area (TPSA) is 52.6 Å². The quantitative estimate of drug-likeness (QED) is 0.626. The molecule has 0 atom stereocenters. The Kier molecular flexibility index (Phi) is 4.27. The van der Waals surface area contributed by atoms with Crippen LogP contribution < -0.4 is 0 Å². The van der Waals surface area contributed by atoms with Gasteiger partial charge in [0.15, 0.2) is 0 Å². The first-order valence-corrected chi connectivity index (χ1v) is 5.25. The summed E-state index contributed by atoms with van der Waals surface area (Å²) in [5, 5.41) is 0. The van der Waals surface area contributed by atoms with Crippen molar-refractivity contribution in [1.82, 2.24) is 0 Å². The first kappa shape index (κ1) is 12.2. The molecule has 0 saturated carbocycles. The van der Waals surface area contributed by atoms with Crippen molar-refractivity contribution in [1.29, 1.82) is 0 Å². The molecule has 1 fully saturated rings. The van der Waals surface area contributed by atoms with E-state index in [1.54, 1.807) is 0 Å². The summed E-state index contributed by atoms with van der Waals surface area (Å²) >= 11 is 0. The van der Waals surface area contributed by atoms with Crippen LogP contribution in [0.25, 0.3) is 0 Å². The second-order valence-electron chi connectivity index (χ2n) is 4.52. The van der Waals surface area contributed by atoms with Crippen molar-refractivity contribution in [2.45, 2.75) is 33.1 Å². The molecule has 0 radical (unpaired) electrons. The third-order valence-electron chi connectivity index (χ3n) is 2.39. The molecule has 0 aromatic carbocycles. The summed E-state index contributed by atoms with van der Waals surface area (Å²) in [6, 6.07) is 0. The predicted octanol–water partition coefficient (Wildman–Crippen LogP) is 1.33. The molecule has 1 rings (SSSR count). The molecule has 1 aliphatic heterocycles. The third-order valence-corrected chi connectivity index (χ3v) is 2.39. The molecule has 1 saturated heterocycles. The summed E-state index contributed by atoms with van der Waals surface area (Å²) in [4.78, 5) is 21.9. The van der Waals surface area contributed by atoms with Crippen LogP contribution in [-0.4, -0.2) is 31.6 Å². The highest BCUT2D eigenvalue weighted by molar-refractivity contribution is 5.76. The number of rotatable bonds is 6. The van der Waals surface area contributed by atoms with Crippen LogP contribution in [0, 0.1) is 5.41 Å². The number of hydrogen-bond donors (Lipinski definition) is 0. The minimum Gasteiger partial charge on any atom is -0.465 e. The Morgan fingerprint density at radius 3 is 2.47 bits per heavy atom. The van der Waals surface area contributed by atoms with Gasteiger partial charge in [-0.1, -0.05) is 6.92 Å². The van der Waals surface area contributed by atoms with E-state index in [1.165, 1.54) is 6.92 Å². The number of hydrogen-bond acceptors (Lipinski definition) is 4. The number of ether oxygens (including phenoxy) is 2. The Bertz CT molecular complexity index is 243. The molecule has 0 spiro atoms. The van der Waals surface area contributed by atoms with Gasteiger partial charge in [0.1, 0.15) is 12.4 Å². The minimum atomic E-state index is -0.218. The van der Waals surface area contributed by atoms with Crippen LogP contribution in [0.15, 0.2) is 0 Å². The highest BCUT2D eigenvalue weighted by atomic mass is 16.5. The smallest absolute Gasteiger partial charge is 0.305 e. The molecule has 15 heavy (non-hydrogen) atoms. The van der Waals surface area contributed by atoms with Gasteiger partial charge in [-0.25, -0.2) is 0 Å². The lowest BCUT2D eigenvalue weighted by atomic mass is 9.90. The lowest BCUT2D eigenvalue weighted by Gasteiger charge is -2.37. The Morgan fingerprint density at radius 1 is 1.33 bits per heavy atom. The van der Waals surface area contributed by atoms with Crippen molar-refractivity contribution in [2.75, 3.05) is 19.8 Å². The molecular formula is C11H18O4. The summed E-state index contributed by atoms with van der Waals surface area (Å²) in [6.45, 7) is 5.30. The van der Waals surface area contributed by atoms with Gasteiger partial charge in [0.05, 0.1) is 13.2 Å². The van der Waals surface area contributed by atoms with E-state index in [1.807, 2.05) is 6.92 Å². The molecule has 0 N–H and O–H groups in total. The van der Waals surface area contributed by atoms with E-state index in [2.05, 4.69) is 0 Å². The Labute approximate surface area is 89.9 Å². The van der Waals surface area contributed by atoms with Gasteiger partial charge in [0.25, 0.3) is 0 Å². The standard InChI is InChI=1S/C11H18O4/c1-9(12)4-3-5-10(13)15-8-11(2)6-14-7-11/h3-8H2,1-2H3. The van der Waals surface area contributed by atoms with Crippen LogP contribution in [0.2, 0.25) is 0 Å². The van der Waals surface area contributed by atoms with E-state index in [0.29, 0.717) is 39.1 Å². The molecule has 0 aromatic rings. The summed E-state index contributed by atoms with van der Waals surface area (Å²) in [5.74, 6) is -0.105. The lowest BCUT2D eigenvalue weighted by molar-refractivity contribution is -0.165. The van der Waals surface area contributed by atoms with Gasteiger partial charge in [0.2, 0.25) is 0 Å². The zero-order chi connectivity index (χ0) is 11.3. The molecule has 1 aliphatic rings. The second-order valence-corrected chi connectivity index (χ2v) is 4.52. The number of esters is 1. The van der Waals surface area contributed by atoms with Crippen molar-refractivity contribution in [2.24, 2.45) is 5.41 Å². The monoisotopic (exact) mass is 214 g/mol. The fraction of sp³-hybridized carbons (Fsp3) is 0.818. The molecular weight excluding hydrogens is 196 g/mol. The van der Waals surface area contributed by atoms with Crippen LogP contribution >= 0.6 is 0 Å². The average molecular weight is 214 g/mol. The molecule has 0 aromatic heterocycles. The van der Waals surface area contributed by atoms with Gasteiger partial charge in [-0.3, -0.25) is 4.79 Å². The van der Waals surface area contributed by atoms with Gasteiger partial charge in [-0.05, 0) is 13.3 Å². The molecule has 0 unspecified atom stereocenters. The van der Waals surface area contributed by atoms with Gasteiger partial charge in [-0.2, -0.15) is 0 Å². The molecule has 0 amide bonds. The van der Waals surface area contributed by atoms with E-state index >= 15 is 0 Å². The van der Waals surface area contributed by atoms with Crippen molar-refractivity contribution in [3.05, 3.63) is 0 Å². The molecule has 1 heterocycles. The SMILES string of the molecule is CC(=O)CCCC(=O)OCC1(C)COC1. The molecule has 4 heteroatoms. The van der Waals surface area contributed by atoms with Crippen molar-refractivity contribution >= 4 is 11.8 Å². The van der Waals surface area contributed by atoms with E-state index in [-0.39, 0.29) is 17.2 Å². The van der Waals surface area contributed by atoms with Crippen LogP contribution in [-0.2, 0) is 19.1 Å². The summed E-state index contributed by atoms with van der Waals surface area (Å²) in [5.41, 5.74) is 0.0102. The van der Waals surface area contributed by atoms with Crippen LogP contribution in [0.4, 0.5) is 0 Å². The largest absolute Gasteiger partial charge is 0.465 e. The number of carbonyl (C=O) groups is 2. The first-order valence-electron chi connectivity index (χ1n) is 5.25. The fourth-order valence-electron chi connectivity index (χ4n) is 1.34. The second kappa shape index (κ2) is 5.26. The van der Waals surface area contributed by atoms with Crippen LogP contribution in [0.1, 0.15) is 33.1 Å². The highest BCUT2D eigenvalue weighted by Crippen LogP contribution is 2.26. The van der Waals surface area contributed by atoms with Crippen molar-refractivity contribution < 1.29 is 19.1 Å². The fourth-order valence-corrected chi connectivity index (χ4v) is 1.34. The van der Waals surface area contributed by atoms with Crippen molar-refractivity contribution in [3.63, 3.8) is 0 Å². The third kappa shape index (κ3) is 4.42. The van der Waals surface area contributed by atoms with E-state index in [0.717, 1.165) is 0 Å². The number of ketones is 1. The van der Waals surface area contributed by atoms with E-state index < -0.39 is 0 Å². The number of Topliss-reactive ketones (excluding diaryl/α,β-unsaturated/α-hetero) is 1. The highest BCUT2D eigenvalue weighted by Gasteiger charge is 2.34. The van der Waals surface area contributed by atoms with Gasteiger partial charge in [0, 0.05) is 18.3 Å². The van der Waals surface area contributed by atoms with Gasteiger partial charge < -0.3 is 14.3 Å². The Hall–Kier alpha value is -0.900. The number of carbonyl (C=O) groups excluding carboxylic acids is 2. The molecule has 0 aliphatic carbocycles. The van der Waals surface area contributed by atoms with E-state index in [4.69, 9.17) is 9.47 Å². The minimum absolute atomic E-state index is 0.0102. The maximum Gasteiger partial charge on any atom is 0.305 e. The maximum atomic E-state index is 11.2. The molecule has 0 bridgehead atoms. The maximum absolute atomic E-state index is 11.2. The Morgan fingerprint density at radius 2 is 2.00 bits per heavy atom. The van der Waals surface area contributed by atoms with Crippen LogP contribution in [0.3, 0.4) is 0 Å². The van der Waals surface area contributed by atoms with Gasteiger partial charge in [-0.15, -0.1) is 0 Å². The zero-order valence-electron chi connectivity index (χ0n) is 9.38. The zero-order valence-corrected chi connectivity index (χ0v) is 9.38. The van der Waals surface area contributed by atoms with Crippen LogP contribution in [0.5, 0.6) is 0 Å². The first-order chi connectivity index (χ1) is 7.02. The normalized spacial score (nSPS) is 18.0. The summed E-state index contributed by atoms with van der Waals surface area (Å²) in [7, 11) is 0. The molecule has 4 nitrogen and oxygen atoms in total. The lowest BCUT2D eigenvalue weighted by Crippen LogP contribution is -2.44. The van der Waals surface area contributed by atoms with Crippen molar-refractivity contribution in [3.8, 4) is 0 Å².